The minimum Gasteiger partial charge on any atom is -0.491 e. The Labute approximate surface area is 257 Å². The quantitative estimate of drug-likeness (QED) is 0.485. The van der Waals surface area contributed by atoms with Crippen LogP contribution in [0.2, 0.25) is 0 Å². The lowest BCUT2D eigenvalue weighted by molar-refractivity contribution is -0.141. The molecule has 2 aliphatic rings. The van der Waals surface area contributed by atoms with Crippen LogP contribution in [0.15, 0.2) is 54.6 Å². The van der Waals surface area contributed by atoms with Crippen molar-refractivity contribution in [3.63, 3.8) is 0 Å². The Balaban J connectivity index is 1.55. The van der Waals surface area contributed by atoms with E-state index in [4.69, 9.17) is 9.47 Å². The van der Waals surface area contributed by atoms with Crippen molar-refractivity contribution in [3.05, 3.63) is 65.7 Å². The SMILES string of the molecule is CN(C)CC(=O)N[C@H]1C[C@H]2COc3cccc(c3)C(=O)N(C)C[C@H](NC(=O)OCc3ccccc3)C(=O)N(C)CC(=O)N2C1. The summed E-state index contributed by atoms with van der Waals surface area (Å²) in [6, 6.07) is 13.8. The maximum atomic E-state index is 13.6. The van der Waals surface area contributed by atoms with Crippen LogP contribution in [0.5, 0.6) is 5.75 Å². The van der Waals surface area contributed by atoms with Crippen LogP contribution in [0.4, 0.5) is 4.79 Å². The van der Waals surface area contributed by atoms with Crippen LogP contribution in [-0.4, -0.2) is 128 Å². The van der Waals surface area contributed by atoms with E-state index in [1.165, 1.54) is 23.9 Å². The lowest BCUT2D eigenvalue weighted by Crippen LogP contribution is -2.55. The summed E-state index contributed by atoms with van der Waals surface area (Å²) in [5.41, 5.74) is 1.10. The highest BCUT2D eigenvalue weighted by atomic mass is 16.5. The molecule has 0 saturated carbocycles. The van der Waals surface area contributed by atoms with E-state index < -0.39 is 18.0 Å². The van der Waals surface area contributed by atoms with Crippen molar-refractivity contribution < 1.29 is 33.4 Å². The first-order chi connectivity index (χ1) is 21.0. The highest BCUT2D eigenvalue weighted by Gasteiger charge is 2.38. The highest BCUT2D eigenvalue weighted by molar-refractivity contribution is 5.95. The number of alkyl carbamates (subject to hydrolysis) is 1. The number of ether oxygens (including phenoxy) is 2. The summed E-state index contributed by atoms with van der Waals surface area (Å²) in [7, 11) is 6.58. The average Bonchev–Trinajstić information content (AvgIpc) is 3.40. The second-order valence-corrected chi connectivity index (χ2v) is 11.4. The van der Waals surface area contributed by atoms with Gasteiger partial charge in [0.15, 0.2) is 0 Å². The van der Waals surface area contributed by atoms with E-state index in [1.54, 1.807) is 60.3 Å². The molecule has 1 saturated heterocycles. The van der Waals surface area contributed by atoms with E-state index in [9.17, 15) is 24.0 Å². The molecule has 13 nitrogen and oxygen atoms in total. The number of fused-ring (bicyclic) bond motifs is 3. The van der Waals surface area contributed by atoms with Gasteiger partial charge in [-0.05, 0) is 44.3 Å². The van der Waals surface area contributed by atoms with E-state index in [0.717, 1.165) is 5.56 Å². The van der Waals surface area contributed by atoms with E-state index in [2.05, 4.69) is 10.6 Å². The van der Waals surface area contributed by atoms with Gasteiger partial charge in [-0.2, -0.15) is 0 Å². The Bertz CT molecular complexity index is 1350. The van der Waals surface area contributed by atoms with Crippen LogP contribution < -0.4 is 15.4 Å². The third-order valence-electron chi connectivity index (χ3n) is 7.44. The van der Waals surface area contributed by atoms with Crippen LogP contribution in [0, 0.1) is 0 Å². The molecule has 0 unspecified atom stereocenters. The molecule has 0 spiro atoms. The predicted molar refractivity (Wildman–Crippen MR) is 161 cm³/mol. The Hall–Kier alpha value is -4.65. The molecule has 0 aliphatic carbocycles. The van der Waals surface area contributed by atoms with Gasteiger partial charge in [-0.15, -0.1) is 0 Å². The predicted octanol–water partition coefficient (Wildman–Crippen LogP) is 0.552. The maximum Gasteiger partial charge on any atom is 0.408 e. The number of hydrogen-bond donors (Lipinski definition) is 2. The maximum absolute atomic E-state index is 13.6. The van der Waals surface area contributed by atoms with Crippen molar-refractivity contribution in [2.24, 2.45) is 0 Å². The summed E-state index contributed by atoms with van der Waals surface area (Å²) in [5.74, 6) is -1.00. The van der Waals surface area contributed by atoms with Gasteiger partial charge in [0.2, 0.25) is 17.7 Å². The fourth-order valence-electron chi connectivity index (χ4n) is 5.26. The molecular weight excluding hydrogens is 568 g/mol. The average molecular weight is 609 g/mol. The molecule has 2 aromatic rings. The molecule has 0 aromatic heterocycles. The second kappa shape index (κ2) is 14.7. The summed E-state index contributed by atoms with van der Waals surface area (Å²) in [6.07, 6.45) is -0.376. The smallest absolute Gasteiger partial charge is 0.408 e. The van der Waals surface area contributed by atoms with Crippen molar-refractivity contribution in [2.45, 2.75) is 31.2 Å². The van der Waals surface area contributed by atoms with Crippen molar-refractivity contribution >= 4 is 29.7 Å². The Kier molecular flexibility index (Phi) is 10.8. The molecule has 5 amide bonds. The van der Waals surface area contributed by atoms with Gasteiger partial charge >= 0.3 is 6.09 Å². The van der Waals surface area contributed by atoms with Gasteiger partial charge in [0, 0.05) is 32.2 Å². The van der Waals surface area contributed by atoms with Crippen LogP contribution in [0.1, 0.15) is 22.3 Å². The molecule has 2 N–H and O–H groups in total. The molecule has 0 radical (unpaired) electrons. The molecule has 2 bridgehead atoms. The van der Waals surface area contributed by atoms with Crippen molar-refractivity contribution in [3.8, 4) is 5.75 Å². The van der Waals surface area contributed by atoms with E-state index >= 15 is 0 Å². The molecule has 236 valence electrons. The molecule has 44 heavy (non-hydrogen) atoms. The molecule has 2 heterocycles. The van der Waals surface area contributed by atoms with Gasteiger partial charge in [-0.25, -0.2) is 4.79 Å². The molecule has 1 fully saturated rings. The number of likely N-dealkylation sites (N-methyl/N-ethyl adjacent to an activating group) is 3. The van der Waals surface area contributed by atoms with Crippen LogP contribution >= 0.6 is 0 Å². The summed E-state index contributed by atoms with van der Waals surface area (Å²) >= 11 is 0. The fraction of sp³-hybridized carbons (Fsp3) is 0.452. The Morgan fingerprint density at radius 3 is 2.45 bits per heavy atom. The van der Waals surface area contributed by atoms with Crippen LogP contribution in [0.3, 0.4) is 0 Å². The molecule has 2 aromatic carbocycles. The number of nitrogens with zero attached hydrogens (tertiary/aromatic N) is 4. The van der Waals surface area contributed by atoms with Gasteiger partial charge in [0.25, 0.3) is 5.91 Å². The van der Waals surface area contributed by atoms with Gasteiger partial charge in [-0.1, -0.05) is 36.4 Å². The third-order valence-corrected chi connectivity index (χ3v) is 7.44. The number of benzene rings is 2. The summed E-state index contributed by atoms with van der Waals surface area (Å²) in [5, 5.41) is 5.56. The zero-order valence-electron chi connectivity index (χ0n) is 25.5. The zero-order chi connectivity index (χ0) is 31.8. The van der Waals surface area contributed by atoms with Crippen LogP contribution in [-0.2, 0) is 25.7 Å². The molecule has 3 atom stereocenters. The summed E-state index contributed by atoms with van der Waals surface area (Å²) in [4.78, 5) is 71.6. The van der Waals surface area contributed by atoms with Crippen molar-refractivity contribution in [1.29, 1.82) is 0 Å². The topological polar surface area (TPSA) is 141 Å². The third kappa shape index (κ3) is 8.69. The molecule has 13 heteroatoms. The number of amides is 5. The minimum absolute atomic E-state index is 0.00787. The number of hydrogen-bond acceptors (Lipinski definition) is 8. The van der Waals surface area contributed by atoms with Gasteiger partial charge in [-0.3, -0.25) is 19.2 Å². The number of carbonyl (C=O) groups excluding carboxylic acids is 5. The first kappa shape index (κ1) is 32.3. The second-order valence-electron chi connectivity index (χ2n) is 11.4. The highest BCUT2D eigenvalue weighted by Crippen LogP contribution is 2.22. The largest absolute Gasteiger partial charge is 0.491 e. The number of rotatable bonds is 6. The summed E-state index contributed by atoms with van der Waals surface area (Å²) in [6.45, 7) is 0.133. The van der Waals surface area contributed by atoms with Gasteiger partial charge in [0.05, 0.1) is 25.7 Å². The number of carbonyl (C=O) groups is 5. The summed E-state index contributed by atoms with van der Waals surface area (Å²) < 4.78 is 11.4. The molecular formula is C31H40N6O7. The molecule has 4 rings (SSSR count). The lowest BCUT2D eigenvalue weighted by atomic mass is 10.1. The van der Waals surface area contributed by atoms with Gasteiger partial charge in [0.1, 0.15) is 25.0 Å². The number of nitrogens with one attached hydrogen (secondary N) is 2. The van der Waals surface area contributed by atoms with E-state index in [-0.39, 0.29) is 69.2 Å². The Morgan fingerprint density at radius 2 is 1.73 bits per heavy atom. The van der Waals surface area contributed by atoms with Crippen molar-refractivity contribution in [1.82, 2.24) is 30.2 Å². The van der Waals surface area contributed by atoms with E-state index in [1.807, 2.05) is 18.2 Å². The monoisotopic (exact) mass is 608 g/mol. The molecule has 2 aliphatic heterocycles. The normalized spacial score (nSPS) is 21.2. The minimum atomic E-state index is -1.19. The Morgan fingerprint density at radius 1 is 0.977 bits per heavy atom. The van der Waals surface area contributed by atoms with E-state index in [0.29, 0.717) is 17.7 Å². The van der Waals surface area contributed by atoms with Crippen LogP contribution in [0.25, 0.3) is 0 Å². The first-order valence-corrected chi connectivity index (χ1v) is 14.4. The van der Waals surface area contributed by atoms with Crippen molar-refractivity contribution in [2.75, 3.05) is 61.0 Å². The standard InChI is InChI=1S/C31H40N6O7/c1-34(2)17-27(38)32-23-14-24-20-43-25-12-8-11-22(13-25)29(40)35(3)16-26(30(41)36(4)18-28(39)37(24)15-23)33-31(42)44-19-21-9-6-5-7-10-21/h5-13,23-24,26H,14-20H2,1-4H3,(H,32,38)(H,33,42)/t23-,24-,26-/m0/s1. The van der Waals surface area contributed by atoms with Gasteiger partial charge < -0.3 is 39.7 Å². The lowest BCUT2D eigenvalue weighted by Gasteiger charge is -2.30. The zero-order valence-corrected chi connectivity index (χ0v) is 25.5. The fourth-order valence-corrected chi connectivity index (χ4v) is 5.26. The first-order valence-electron chi connectivity index (χ1n) is 14.4.